The van der Waals surface area contributed by atoms with Crippen LogP contribution >= 0.6 is 0 Å². The van der Waals surface area contributed by atoms with Gasteiger partial charge in [0, 0.05) is 12.6 Å². The molecule has 1 aromatic carbocycles. The monoisotopic (exact) mass is 261 g/mol. The van der Waals surface area contributed by atoms with E-state index in [0.717, 1.165) is 13.0 Å². The van der Waals surface area contributed by atoms with Crippen molar-refractivity contribution < 1.29 is 5.11 Å². The van der Waals surface area contributed by atoms with Crippen molar-refractivity contribution in [3.8, 4) is 0 Å². The van der Waals surface area contributed by atoms with Gasteiger partial charge in [-0.25, -0.2) is 0 Å². The van der Waals surface area contributed by atoms with E-state index in [1.165, 1.54) is 30.4 Å². The van der Waals surface area contributed by atoms with Gasteiger partial charge in [0.25, 0.3) is 0 Å². The Hall–Kier alpha value is -0.860. The minimum absolute atomic E-state index is 0.243. The van der Waals surface area contributed by atoms with Gasteiger partial charge in [-0.05, 0) is 48.6 Å². The van der Waals surface area contributed by atoms with Gasteiger partial charge in [-0.3, -0.25) is 0 Å². The SMILES string of the molecule is CC(C)CC(CO)NCC1CCCc2ccccc21. The molecular formula is C17H27NO. The molecule has 0 aromatic heterocycles. The van der Waals surface area contributed by atoms with Crippen LogP contribution in [0.5, 0.6) is 0 Å². The topological polar surface area (TPSA) is 32.3 Å². The van der Waals surface area contributed by atoms with Gasteiger partial charge in [-0.2, -0.15) is 0 Å². The van der Waals surface area contributed by atoms with Crippen LogP contribution in [0.15, 0.2) is 24.3 Å². The molecule has 0 aliphatic heterocycles. The third-order valence-electron chi connectivity index (χ3n) is 4.12. The normalized spacial score (nSPS) is 20.3. The van der Waals surface area contributed by atoms with Crippen LogP contribution in [0.1, 0.15) is 50.2 Å². The highest BCUT2D eigenvalue weighted by atomic mass is 16.3. The molecule has 0 saturated carbocycles. The van der Waals surface area contributed by atoms with Gasteiger partial charge in [-0.1, -0.05) is 38.1 Å². The molecule has 106 valence electrons. The van der Waals surface area contributed by atoms with E-state index < -0.39 is 0 Å². The maximum absolute atomic E-state index is 9.44. The second kappa shape index (κ2) is 7.06. The van der Waals surface area contributed by atoms with E-state index in [1.54, 1.807) is 0 Å². The number of nitrogens with one attached hydrogen (secondary N) is 1. The zero-order valence-electron chi connectivity index (χ0n) is 12.2. The molecule has 0 radical (unpaired) electrons. The molecule has 0 saturated heterocycles. The predicted molar refractivity (Wildman–Crippen MR) is 80.5 cm³/mol. The Morgan fingerprint density at radius 2 is 2.11 bits per heavy atom. The Bertz CT molecular complexity index is 389. The highest BCUT2D eigenvalue weighted by molar-refractivity contribution is 5.32. The summed E-state index contributed by atoms with van der Waals surface area (Å²) in [5, 5.41) is 13.0. The quantitative estimate of drug-likeness (QED) is 0.824. The average Bonchev–Trinajstić information content (AvgIpc) is 2.43. The summed E-state index contributed by atoms with van der Waals surface area (Å²) < 4.78 is 0. The van der Waals surface area contributed by atoms with Crippen molar-refractivity contribution in [1.29, 1.82) is 0 Å². The summed E-state index contributed by atoms with van der Waals surface area (Å²) >= 11 is 0. The molecule has 1 aliphatic carbocycles. The average molecular weight is 261 g/mol. The van der Waals surface area contributed by atoms with Gasteiger partial charge in [-0.15, -0.1) is 0 Å². The van der Waals surface area contributed by atoms with Gasteiger partial charge in [0.05, 0.1) is 6.61 Å². The predicted octanol–water partition coefficient (Wildman–Crippen LogP) is 3.10. The van der Waals surface area contributed by atoms with Gasteiger partial charge >= 0.3 is 0 Å². The first-order valence-corrected chi connectivity index (χ1v) is 7.62. The maximum Gasteiger partial charge on any atom is 0.0584 e. The van der Waals surface area contributed by atoms with Crippen LogP contribution in [0.2, 0.25) is 0 Å². The Balaban J connectivity index is 1.93. The van der Waals surface area contributed by atoms with Gasteiger partial charge < -0.3 is 10.4 Å². The molecule has 0 fully saturated rings. The van der Waals surface area contributed by atoms with E-state index in [4.69, 9.17) is 0 Å². The van der Waals surface area contributed by atoms with Gasteiger partial charge in [0.1, 0.15) is 0 Å². The Kier molecular flexibility index (Phi) is 5.41. The Morgan fingerprint density at radius 1 is 1.32 bits per heavy atom. The lowest BCUT2D eigenvalue weighted by Gasteiger charge is -2.28. The minimum Gasteiger partial charge on any atom is -0.395 e. The number of aryl methyl sites for hydroxylation is 1. The summed E-state index contributed by atoms with van der Waals surface area (Å²) in [6.45, 7) is 5.65. The fraction of sp³-hybridized carbons (Fsp3) is 0.647. The van der Waals surface area contributed by atoms with Crippen molar-refractivity contribution in [1.82, 2.24) is 5.32 Å². The third-order valence-corrected chi connectivity index (χ3v) is 4.12. The number of aliphatic hydroxyl groups excluding tert-OH is 1. The third kappa shape index (κ3) is 4.05. The van der Waals surface area contributed by atoms with Crippen LogP contribution < -0.4 is 5.32 Å². The molecule has 0 spiro atoms. The fourth-order valence-electron chi connectivity index (χ4n) is 3.17. The van der Waals surface area contributed by atoms with E-state index in [9.17, 15) is 5.11 Å². The van der Waals surface area contributed by atoms with Crippen molar-refractivity contribution >= 4 is 0 Å². The first-order chi connectivity index (χ1) is 9.20. The van der Waals surface area contributed by atoms with Crippen molar-refractivity contribution in [2.75, 3.05) is 13.2 Å². The maximum atomic E-state index is 9.44. The Morgan fingerprint density at radius 3 is 2.84 bits per heavy atom. The molecule has 2 unspecified atom stereocenters. The highest BCUT2D eigenvalue weighted by Gasteiger charge is 2.20. The van der Waals surface area contributed by atoms with Crippen LogP contribution in [-0.4, -0.2) is 24.3 Å². The van der Waals surface area contributed by atoms with E-state index in [2.05, 4.69) is 43.4 Å². The molecule has 0 bridgehead atoms. The number of fused-ring (bicyclic) bond motifs is 1. The lowest BCUT2D eigenvalue weighted by molar-refractivity contribution is 0.221. The first-order valence-electron chi connectivity index (χ1n) is 7.62. The molecule has 1 aromatic rings. The number of hydrogen-bond donors (Lipinski definition) is 2. The van der Waals surface area contributed by atoms with Crippen LogP contribution in [0, 0.1) is 5.92 Å². The molecule has 2 atom stereocenters. The second-order valence-electron chi connectivity index (χ2n) is 6.21. The smallest absolute Gasteiger partial charge is 0.0584 e. The standard InChI is InChI=1S/C17H27NO/c1-13(2)10-16(12-19)18-11-15-8-5-7-14-6-3-4-9-17(14)15/h3-4,6,9,13,15-16,18-19H,5,7-8,10-12H2,1-2H3. The lowest BCUT2D eigenvalue weighted by Crippen LogP contribution is -2.37. The summed E-state index contributed by atoms with van der Waals surface area (Å²) in [5.74, 6) is 1.24. The molecule has 2 N–H and O–H groups in total. The summed E-state index contributed by atoms with van der Waals surface area (Å²) in [5.41, 5.74) is 3.03. The van der Waals surface area contributed by atoms with Crippen molar-refractivity contribution in [3.05, 3.63) is 35.4 Å². The molecule has 0 heterocycles. The minimum atomic E-state index is 0.243. The number of benzene rings is 1. The molecule has 19 heavy (non-hydrogen) atoms. The van der Waals surface area contributed by atoms with Crippen molar-refractivity contribution in [3.63, 3.8) is 0 Å². The largest absolute Gasteiger partial charge is 0.395 e. The highest BCUT2D eigenvalue weighted by Crippen LogP contribution is 2.30. The number of aliphatic hydroxyl groups is 1. The zero-order valence-corrected chi connectivity index (χ0v) is 12.2. The Labute approximate surface area is 117 Å². The van der Waals surface area contributed by atoms with Crippen molar-refractivity contribution in [2.45, 2.75) is 51.5 Å². The first kappa shape index (κ1) is 14.5. The van der Waals surface area contributed by atoms with Crippen LogP contribution in [0.3, 0.4) is 0 Å². The van der Waals surface area contributed by atoms with Crippen LogP contribution in [0.4, 0.5) is 0 Å². The second-order valence-corrected chi connectivity index (χ2v) is 6.21. The van der Waals surface area contributed by atoms with Crippen LogP contribution in [0.25, 0.3) is 0 Å². The van der Waals surface area contributed by atoms with Gasteiger partial charge in [0.15, 0.2) is 0 Å². The lowest BCUT2D eigenvalue weighted by atomic mass is 9.82. The van der Waals surface area contributed by atoms with Crippen molar-refractivity contribution in [2.24, 2.45) is 5.92 Å². The summed E-state index contributed by atoms with van der Waals surface area (Å²) in [6, 6.07) is 9.07. The molecule has 0 amide bonds. The van der Waals surface area contributed by atoms with E-state index >= 15 is 0 Å². The summed E-state index contributed by atoms with van der Waals surface area (Å²) in [4.78, 5) is 0. The number of rotatable bonds is 6. The fourth-order valence-corrected chi connectivity index (χ4v) is 3.17. The van der Waals surface area contributed by atoms with E-state index in [1.807, 2.05) is 0 Å². The molecule has 2 nitrogen and oxygen atoms in total. The van der Waals surface area contributed by atoms with E-state index in [0.29, 0.717) is 11.8 Å². The summed E-state index contributed by atoms with van der Waals surface area (Å²) in [6.07, 6.45) is 4.83. The molecule has 2 heteroatoms. The van der Waals surface area contributed by atoms with Crippen LogP contribution in [-0.2, 0) is 6.42 Å². The zero-order chi connectivity index (χ0) is 13.7. The van der Waals surface area contributed by atoms with Gasteiger partial charge in [0.2, 0.25) is 0 Å². The van der Waals surface area contributed by atoms with E-state index in [-0.39, 0.29) is 12.6 Å². The number of hydrogen-bond acceptors (Lipinski definition) is 2. The molecular weight excluding hydrogens is 234 g/mol. The molecule has 1 aliphatic rings. The molecule has 2 rings (SSSR count). The summed E-state index contributed by atoms with van der Waals surface area (Å²) in [7, 11) is 0.